The van der Waals surface area contributed by atoms with Crippen molar-refractivity contribution in [3.05, 3.63) is 5.89 Å². The first-order chi connectivity index (χ1) is 8.19. The van der Waals surface area contributed by atoms with E-state index in [0.717, 1.165) is 19.4 Å². The lowest BCUT2D eigenvalue weighted by atomic mass is 10.2. The maximum Gasteiger partial charge on any atom is 0.322 e. The van der Waals surface area contributed by atoms with Gasteiger partial charge in [0.1, 0.15) is 0 Å². The van der Waals surface area contributed by atoms with Crippen LogP contribution in [0.2, 0.25) is 0 Å². The van der Waals surface area contributed by atoms with Gasteiger partial charge in [-0.15, -0.1) is 5.10 Å². The fraction of sp³-hybridized carbons (Fsp3) is 0.700. The van der Waals surface area contributed by atoms with Crippen LogP contribution < -0.4 is 5.32 Å². The Labute approximate surface area is 98.8 Å². The number of aromatic nitrogens is 2. The van der Waals surface area contributed by atoms with Crippen molar-refractivity contribution in [2.45, 2.75) is 25.8 Å². The molecule has 1 saturated heterocycles. The maximum absolute atomic E-state index is 11.7. The first-order valence-electron chi connectivity index (χ1n) is 5.64. The summed E-state index contributed by atoms with van der Waals surface area (Å²) in [5.41, 5.74) is 0. The monoisotopic (exact) mass is 240 g/mol. The Balaban J connectivity index is 1.85. The van der Waals surface area contributed by atoms with E-state index in [1.807, 2.05) is 4.90 Å². The molecule has 0 aromatic carbocycles. The smallest absolute Gasteiger partial charge is 0.322 e. The van der Waals surface area contributed by atoms with Crippen molar-refractivity contribution in [1.82, 2.24) is 15.1 Å². The zero-order valence-corrected chi connectivity index (χ0v) is 9.72. The highest BCUT2D eigenvalue weighted by Crippen LogP contribution is 2.16. The van der Waals surface area contributed by atoms with Crippen LogP contribution in [0.25, 0.3) is 0 Å². The lowest BCUT2D eigenvalue weighted by molar-refractivity contribution is -0.117. The lowest BCUT2D eigenvalue weighted by Gasteiger charge is -2.21. The number of hydrogen-bond donors (Lipinski definition) is 2. The van der Waals surface area contributed by atoms with Crippen molar-refractivity contribution in [2.24, 2.45) is 0 Å². The van der Waals surface area contributed by atoms with Crippen molar-refractivity contribution in [2.75, 3.05) is 25.0 Å². The predicted octanol–water partition coefficient (Wildman–Crippen LogP) is -0.227. The highest BCUT2D eigenvalue weighted by Gasteiger charge is 2.25. The largest absolute Gasteiger partial charge is 0.408 e. The topological polar surface area (TPSA) is 91.5 Å². The Morgan fingerprint density at radius 3 is 3.12 bits per heavy atom. The minimum Gasteiger partial charge on any atom is -0.408 e. The number of nitrogens with one attached hydrogen (secondary N) is 1. The summed E-state index contributed by atoms with van der Waals surface area (Å²) < 4.78 is 5.05. The van der Waals surface area contributed by atoms with E-state index in [9.17, 15) is 4.79 Å². The average molecular weight is 240 g/mol. The molecule has 0 unspecified atom stereocenters. The highest BCUT2D eigenvalue weighted by atomic mass is 16.4. The van der Waals surface area contributed by atoms with Gasteiger partial charge < -0.3 is 9.52 Å². The van der Waals surface area contributed by atoms with Gasteiger partial charge in [-0.25, -0.2) is 0 Å². The zero-order chi connectivity index (χ0) is 12.3. The number of aryl methyl sites for hydroxylation is 1. The van der Waals surface area contributed by atoms with E-state index in [1.54, 1.807) is 6.92 Å². The molecule has 1 aliphatic rings. The molecule has 1 fully saturated rings. The first-order valence-corrected chi connectivity index (χ1v) is 5.64. The van der Waals surface area contributed by atoms with E-state index in [4.69, 9.17) is 9.52 Å². The van der Waals surface area contributed by atoms with Gasteiger partial charge in [0.15, 0.2) is 0 Å². The lowest BCUT2D eigenvalue weighted by Crippen LogP contribution is -2.38. The number of anilines is 1. The summed E-state index contributed by atoms with van der Waals surface area (Å²) in [6, 6.07) is 0.206. The van der Waals surface area contributed by atoms with Gasteiger partial charge in [-0.05, 0) is 19.4 Å². The Morgan fingerprint density at radius 1 is 1.65 bits per heavy atom. The Morgan fingerprint density at radius 2 is 2.47 bits per heavy atom. The molecule has 2 rings (SSSR count). The van der Waals surface area contributed by atoms with Gasteiger partial charge in [0.2, 0.25) is 11.8 Å². The fourth-order valence-electron chi connectivity index (χ4n) is 2.00. The minimum absolute atomic E-state index is 0.0881. The second-order valence-corrected chi connectivity index (χ2v) is 4.12. The molecule has 1 aromatic rings. The molecule has 0 radical (unpaired) electrons. The van der Waals surface area contributed by atoms with Crippen LogP contribution in [0.1, 0.15) is 18.7 Å². The minimum atomic E-state index is -0.200. The summed E-state index contributed by atoms with van der Waals surface area (Å²) in [7, 11) is 0. The van der Waals surface area contributed by atoms with Crippen molar-refractivity contribution < 1.29 is 14.3 Å². The third kappa shape index (κ3) is 3.01. The maximum atomic E-state index is 11.7. The number of likely N-dealkylation sites (tertiary alicyclic amines) is 1. The predicted molar refractivity (Wildman–Crippen MR) is 59.3 cm³/mol. The number of aliphatic hydroxyl groups is 1. The van der Waals surface area contributed by atoms with Crippen LogP contribution in [0.5, 0.6) is 0 Å². The van der Waals surface area contributed by atoms with Crippen LogP contribution in [0.3, 0.4) is 0 Å². The summed E-state index contributed by atoms with van der Waals surface area (Å²) in [4.78, 5) is 13.6. The molecule has 7 heteroatoms. The van der Waals surface area contributed by atoms with Crippen LogP contribution in [0.15, 0.2) is 4.42 Å². The third-order valence-corrected chi connectivity index (χ3v) is 2.83. The standard InChI is InChI=1S/C10H16N4O3/c1-7-12-13-10(17-7)11-9(16)5-14-4-2-3-8(14)6-15/h8,15H,2-6H2,1H3,(H,11,13,16)/t8-/m1/s1. The van der Waals surface area contributed by atoms with Crippen molar-refractivity contribution in [3.63, 3.8) is 0 Å². The molecule has 94 valence electrons. The van der Waals surface area contributed by atoms with E-state index < -0.39 is 0 Å². The second-order valence-electron chi connectivity index (χ2n) is 4.12. The first kappa shape index (κ1) is 12.0. The Hall–Kier alpha value is -1.47. The van der Waals surface area contributed by atoms with E-state index in [1.165, 1.54) is 0 Å². The van der Waals surface area contributed by atoms with E-state index in [-0.39, 0.29) is 31.1 Å². The summed E-state index contributed by atoms with van der Waals surface area (Å²) in [5.74, 6) is 0.212. The summed E-state index contributed by atoms with van der Waals surface area (Å²) in [6.07, 6.45) is 1.95. The van der Waals surface area contributed by atoms with Crippen LogP contribution in [-0.4, -0.2) is 51.8 Å². The summed E-state index contributed by atoms with van der Waals surface area (Å²) in [6.45, 7) is 2.83. The molecule has 2 N–H and O–H groups in total. The summed E-state index contributed by atoms with van der Waals surface area (Å²) >= 11 is 0. The zero-order valence-electron chi connectivity index (χ0n) is 9.72. The molecule has 0 aliphatic carbocycles. The molecule has 1 aromatic heterocycles. The molecule has 0 saturated carbocycles. The van der Waals surface area contributed by atoms with Gasteiger partial charge in [0.25, 0.3) is 0 Å². The van der Waals surface area contributed by atoms with Gasteiger partial charge in [0.05, 0.1) is 13.2 Å². The van der Waals surface area contributed by atoms with Crippen LogP contribution in [0.4, 0.5) is 6.01 Å². The quantitative estimate of drug-likeness (QED) is 0.755. The SMILES string of the molecule is Cc1nnc(NC(=O)CN2CCC[C@@H]2CO)o1. The van der Waals surface area contributed by atoms with Crippen molar-refractivity contribution in [3.8, 4) is 0 Å². The van der Waals surface area contributed by atoms with E-state index in [0.29, 0.717) is 5.89 Å². The van der Waals surface area contributed by atoms with Crippen molar-refractivity contribution in [1.29, 1.82) is 0 Å². The molecule has 7 nitrogen and oxygen atoms in total. The number of hydrogen-bond acceptors (Lipinski definition) is 6. The average Bonchev–Trinajstić information content (AvgIpc) is 2.87. The van der Waals surface area contributed by atoms with Gasteiger partial charge in [0, 0.05) is 13.0 Å². The number of aliphatic hydroxyl groups excluding tert-OH is 1. The molecule has 1 aliphatic heterocycles. The normalized spacial score (nSPS) is 20.7. The van der Waals surface area contributed by atoms with Crippen LogP contribution in [0, 0.1) is 6.92 Å². The van der Waals surface area contributed by atoms with Crippen LogP contribution >= 0.6 is 0 Å². The molecule has 17 heavy (non-hydrogen) atoms. The second kappa shape index (κ2) is 5.24. The van der Waals surface area contributed by atoms with Crippen molar-refractivity contribution >= 4 is 11.9 Å². The van der Waals surface area contributed by atoms with Crippen LogP contribution in [-0.2, 0) is 4.79 Å². The summed E-state index contributed by atoms with van der Waals surface area (Å²) in [5, 5.41) is 19.0. The molecule has 1 atom stereocenters. The van der Waals surface area contributed by atoms with E-state index in [2.05, 4.69) is 15.5 Å². The molecular formula is C10H16N4O3. The highest BCUT2D eigenvalue weighted by molar-refractivity contribution is 5.90. The molecule has 0 spiro atoms. The number of amides is 1. The Bertz CT molecular complexity index is 393. The van der Waals surface area contributed by atoms with Gasteiger partial charge >= 0.3 is 6.01 Å². The molecule has 1 amide bonds. The molecule has 2 heterocycles. The Kier molecular flexibility index (Phi) is 3.70. The van der Waals surface area contributed by atoms with Gasteiger partial charge in [-0.2, -0.15) is 0 Å². The van der Waals surface area contributed by atoms with Gasteiger partial charge in [-0.1, -0.05) is 5.10 Å². The number of carbonyl (C=O) groups is 1. The number of nitrogens with zero attached hydrogens (tertiary/aromatic N) is 3. The third-order valence-electron chi connectivity index (χ3n) is 2.83. The number of rotatable bonds is 4. The molecular weight excluding hydrogens is 224 g/mol. The number of carbonyl (C=O) groups excluding carboxylic acids is 1. The fourth-order valence-corrected chi connectivity index (χ4v) is 2.00. The van der Waals surface area contributed by atoms with E-state index >= 15 is 0 Å². The molecule has 0 bridgehead atoms. The van der Waals surface area contributed by atoms with Gasteiger partial charge in [-0.3, -0.25) is 15.0 Å².